The van der Waals surface area contributed by atoms with Crippen LogP contribution in [-0.2, 0) is 25.1 Å². The SMILES string of the molecule is CC(C)Cn1c(SCc2cc(=O)oc3cc4c(cc23)CCC4)nnc1-c1ccco1. The zero-order valence-corrected chi connectivity index (χ0v) is 17.9. The first kappa shape index (κ1) is 19.2. The molecule has 0 atom stereocenters. The number of thioether (sulfide) groups is 1. The zero-order valence-electron chi connectivity index (χ0n) is 17.1. The molecule has 0 bridgehead atoms. The number of nitrogens with zero attached hydrogens (tertiary/aromatic N) is 3. The van der Waals surface area contributed by atoms with E-state index in [0.29, 0.717) is 23.0 Å². The van der Waals surface area contributed by atoms with Gasteiger partial charge in [-0.1, -0.05) is 25.6 Å². The lowest BCUT2D eigenvalue weighted by Crippen LogP contribution is -2.08. The third-order valence-corrected chi connectivity index (χ3v) is 6.42. The van der Waals surface area contributed by atoms with E-state index in [1.54, 1.807) is 24.1 Å². The number of aromatic nitrogens is 3. The van der Waals surface area contributed by atoms with Crippen molar-refractivity contribution in [3.63, 3.8) is 0 Å². The number of fused-ring (bicyclic) bond motifs is 2. The lowest BCUT2D eigenvalue weighted by atomic mass is 10.0. The summed E-state index contributed by atoms with van der Waals surface area (Å²) < 4.78 is 13.1. The van der Waals surface area contributed by atoms with E-state index in [0.717, 1.165) is 47.7 Å². The Labute approximate surface area is 178 Å². The summed E-state index contributed by atoms with van der Waals surface area (Å²) in [5.74, 6) is 2.49. The minimum atomic E-state index is -0.309. The standard InChI is InChI=1S/C23H23N3O3S/c1-14(2)12-26-22(19-7-4-8-28-19)24-25-23(26)30-13-17-11-21(27)29-20-10-16-6-3-5-15(16)9-18(17)20/h4,7-11,14H,3,5-6,12-13H2,1-2H3. The van der Waals surface area contributed by atoms with Gasteiger partial charge in [0.2, 0.25) is 0 Å². The lowest BCUT2D eigenvalue weighted by Gasteiger charge is -2.12. The molecule has 0 spiro atoms. The molecule has 4 aromatic rings. The van der Waals surface area contributed by atoms with Crippen molar-refractivity contribution in [3.05, 3.63) is 63.7 Å². The molecule has 1 aromatic carbocycles. The van der Waals surface area contributed by atoms with Crippen LogP contribution in [0, 0.1) is 5.92 Å². The van der Waals surface area contributed by atoms with Crippen molar-refractivity contribution in [1.82, 2.24) is 14.8 Å². The lowest BCUT2D eigenvalue weighted by molar-refractivity contribution is 0.489. The first-order valence-electron chi connectivity index (χ1n) is 10.3. The van der Waals surface area contributed by atoms with E-state index in [-0.39, 0.29) is 5.63 Å². The smallest absolute Gasteiger partial charge is 0.336 e. The number of hydrogen-bond donors (Lipinski definition) is 0. The Kier molecular flexibility index (Phi) is 4.98. The van der Waals surface area contributed by atoms with Crippen molar-refractivity contribution in [2.24, 2.45) is 5.92 Å². The second-order valence-electron chi connectivity index (χ2n) is 8.14. The van der Waals surface area contributed by atoms with Crippen LogP contribution in [0.2, 0.25) is 0 Å². The molecule has 0 saturated heterocycles. The molecule has 3 heterocycles. The summed E-state index contributed by atoms with van der Waals surface area (Å²) in [6.45, 7) is 5.12. The van der Waals surface area contributed by atoms with Gasteiger partial charge in [0.15, 0.2) is 16.7 Å². The normalized spacial score (nSPS) is 13.4. The van der Waals surface area contributed by atoms with Gasteiger partial charge < -0.3 is 8.83 Å². The second kappa shape index (κ2) is 7.80. The molecular formula is C23H23N3O3S. The van der Waals surface area contributed by atoms with Crippen LogP contribution in [0.4, 0.5) is 0 Å². The van der Waals surface area contributed by atoms with Crippen LogP contribution in [0.1, 0.15) is 37.0 Å². The summed E-state index contributed by atoms with van der Waals surface area (Å²) in [6, 6.07) is 9.59. The third kappa shape index (κ3) is 3.58. The highest BCUT2D eigenvalue weighted by atomic mass is 32.2. The van der Waals surface area contributed by atoms with Gasteiger partial charge in [-0.2, -0.15) is 0 Å². The fraction of sp³-hybridized carbons (Fsp3) is 0.348. The van der Waals surface area contributed by atoms with Crippen molar-refractivity contribution < 1.29 is 8.83 Å². The maximum absolute atomic E-state index is 12.2. The van der Waals surface area contributed by atoms with Gasteiger partial charge in [0, 0.05) is 23.8 Å². The maximum Gasteiger partial charge on any atom is 0.336 e. The Bertz CT molecular complexity index is 1250. The third-order valence-electron chi connectivity index (χ3n) is 5.41. The van der Waals surface area contributed by atoms with E-state index in [4.69, 9.17) is 8.83 Å². The molecule has 6 nitrogen and oxygen atoms in total. The summed E-state index contributed by atoms with van der Waals surface area (Å²) >= 11 is 1.58. The van der Waals surface area contributed by atoms with E-state index in [9.17, 15) is 4.79 Å². The Morgan fingerprint density at radius 3 is 2.77 bits per heavy atom. The zero-order chi connectivity index (χ0) is 20.7. The molecular weight excluding hydrogens is 398 g/mol. The van der Waals surface area contributed by atoms with Gasteiger partial charge in [-0.05, 0) is 66.1 Å². The Balaban J connectivity index is 1.49. The highest BCUT2D eigenvalue weighted by molar-refractivity contribution is 7.98. The summed E-state index contributed by atoms with van der Waals surface area (Å²) in [5, 5.41) is 10.6. The van der Waals surface area contributed by atoms with Crippen LogP contribution in [0.5, 0.6) is 0 Å². The molecule has 5 rings (SSSR count). The van der Waals surface area contributed by atoms with E-state index in [1.165, 1.54) is 11.1 Å². The number of rotatable bonds is 6. The molecule has 0 radical (unpaired) electrons. The van der Waals surface area contributed by atoms with Crippen LogP contribution >= 0.6 is 11.8 Å². The van der Waals surface area contributed by atoms with Gasteiger partial charge in [-0.25, -0.2) is 4.79 Å². The topological polar surface area (TPSA) is 74.1 Å². The highest BCUT2D eigenvalue weighted by Gasteiger charge is 2.19. The highest BCUT2D eigenvalue weighted by Crippen LogP contribution is 2.32. The fourth-order valence-electron chi connectivity index (χ4n) is 4.07. The number of benzene rings is 1. The maximum atomic E-state index is 12.2. The summed E-state index contributed by atoms with van der Waals surface area (Å²) in [4.78, 5) is 12.2. The fourth-order valence-corrected chi connectivity index (χ4v) is 5.01. The molecule has 0 N–H and O–H groups in total. The van der Waals surface area contributed by atoms with Gasteiger partial charge in [0.1, 0.15) is 5.58 Å². The first-order valence-corrected chi connectivity index (χ1v) is 11.3. The van der Waals surface area contributed by atoms with E-state index >= 15 is 0 Å². The molecule has 3 aromatic heterocycles. The van der Waals surface area contributed by atoms with Crippen LogP contribution in [0.25, 0.3) is 22.6 Å². The predicted octanol–water partition coefficient (Wildman–Crippen LogP) is 5.08. The van der Waals surface area contributed by atoms with E-state index < -0.39 is 0 Å². The average Bonchev–Trinajstić information content (AvgIpc) is 3.45. The Morgan fingerprint density at radius 2 is 2.00 bits per heavy atom. The number of hydrogen-bond acceptors (Lipinski definition) is 6. The summed E-state index contributed by atoms with van der Waals surface area (Å²) in [5.41, 5.74) is 4.01. The number of furan rings is 1. The predicted molar refractivity (Wildman–Crippen MR) is 117 cm³/mol. The molecule has 154 valence electrons. The quantitative estimate of drug-likeness (QED) is 0.319. The van der Waals surface area contributed by atoms with Crippen LogP contribution in [-0.4, -0.2) is 14.8 Å². The van der Waals surface area contributed by atoms with Gasteiger partial charge in [0.25, 0.3) is 0 Å². The van der Waals surface area contributed by atoms with Gasteiger partial charge >= 0.3 is 5.63 Å². The molecule has 30 heavy (non-hydrogen) atoms. The van der Waals surface area contributed by atoms with Crippen molar-refractivity contribution in [2.45, 2.75) is 50.6 Å². The van der Waals surface area contributed by atoms with Crippen molar-refractivity contribution in [2.75, 3.05) is 0 Å². The molecule has 0 saturated carbocycles. The van der Waals surface area contributed by atoms with Crippen molar-refractivity contribution in [3.8, 4) is 11.6 Å². The minimum absolute atomic E-state index is 0.309. The number of aryl methyl sites for hydroxylation is 2. The Morgan fingerprint density at radius 1 is 1.17 bits per heavy atom. The van der Waals surface area contributed by atoms with Crippen LogP contribution in [0.15, 0.2) is 55.4 Å². The minimum Gasteiger partial charge on any atom is -0.461 e. The van der Waals surface area contributed by atoms with Gasteiger partial charge in [0.05, 0.1) is 6.26 Å². The van der Waals surface area contributed by atoms with Crippen LogP contribution < -0.4 is 5.63 Å². The van der Waals surface area contributed by atoms with Crippen LogP contribution in [0.3, 0.4) is 0 Å². The van der Waals surface area contributed by atoms with Gasteiger partial charge in [-0.3, -0.25) is 4.57 Å². The monoisotopic (exact) mass is 421 g/mol. The molecule has 0 unspecified atom stereocenters. The summed E-state index contributed by atoms with van der Waals surface area (Å²) in [6.07, 6.45) is 4.95. The largest absolute Gasteiger partial charge is 0.461 e. The van der Waals surface area contributed by atoms with E-state index in [2.05, 4.69) is 34.7 Å². The molecule has 1 aliphatic rings. The van der Waals surface area contributed by atoms with Gasteiger partial charge in [-0.15, -0.1) is 10.2 Å². The van der Waals surface area contributed by atoms with Crippen molar-refractivity contribution >= 4 is 22.7 Å². The Hall–Kier alpha value is -2.80. The second-order valence-corrected chi connectivity index (χ2v) is 9.08. The molecule has 7 heteroatoms. The molecule has 1 aliphatic carbocycles. The molecule has 0 aliphatic heterocycles. The summed E-state index contributed by atoms with van der Waals surface area (Å²) in [7, 11) is 0. The first-order chi connectivity index (χ1) is 14.6. The average molecular weight is 422 g/mol. The molecule has 0 amide bonds. The van der Waals surface area contributed by atoms with Crippen molar-refractivity contribution in [1.29, 1.82) is 0 Å². The molecule has 0 fully saturated rings. The van der Waals surface area contributed by atoms with E-state index in [1.807, 2.05) is 18.2 Å².